The highest BCUT2D eigenvalue weighted by Crippen LogP contribution is 2.38. The van der Waals surface area contributed by atoms with Crippen molar-refractivity contribution in [3.8, 4) is 0 Å². The molecule has 2 aromatic heterocycles. The minimum Gasteiger partial charge on any atom is -0.464 e. The van der Waals surface area contributed by atoms with Gasteiger partial charge in [-0.05, 0) is 52.5 Å². The van der Waals surface area contributed by atoms with Crippen LogP contribution >= 0.6 is 23.5 Å². The lowest BCUT2D eigenvalue weighted by atomic mass is 10.2. The SMILES string of the molecule is CNC(=C[N+](=O)[O-])NCCSC(C(=C(NC)NCCSCc1ccc(CN(C)C)o1)[N+](=O)[O-])c1ccc(CN(C)C)o1. The van der Waals surface area contributed by atoms with E-state index in [1.165, 1.54) is 11.8 Å². The average Bonchev–Trinajstić information content (AvgIpc) is 3.56. The van der Waals surface area contributed by atoms with Crippen LogP contribution in [0.5, 0.6) is 0 Å². The molecule has 14 nitrogen and oxygen atoms in total. The number of nitrogens with one attached hydrogen (secondary N) is 4. The predicted octanol–water partition coefficient (Wildman–Crippen LogP) is 2.84. The van der Waals surface area contributed by atoms with Gasteiger partial charge in [0.2, 0.25) is 0 Å². The van der Waals surface area contributed by atoms with Gasteiger partial charge < -0.3 is 39.9 Å². The summed E-state index contributed by atoms with van der Waals surface area (Å²) in [6.45, 7) is 2.11. The number of furan rings is 2. The third-order valence-corrected chi connectivity index (χ3v) is 7.76. The van der Waals surface area contributed by atoms with E-state index >= 15 is 0 Å². The molecule has 4 N–H and O–H groups in total. The first-order chi connectivity index (χ1) is 20.0. The molecule has 0 bridgehead atoms. The molecule has 2 aromatic rings. The van der Waals surface area contributed by atoms with Gasteiger partial charge in [0, 0.05) is 38.7 Å². The maximum absolute atomic E-state index is 12.4. The van der Waals surface area contributed by atoms with Gasteiger partial charge in [-0.3, -0.25) is 20.2 Å². The fraction of sp³-hybridized carbons (Fsp3) is 0.538. The average molecular weight is 627 g/mol. The highest BCUT2D eigenvalue weighted by molar-refractivity contribution is 7.99. The second-order valence-corrected chi connectivity index (χ2v) is 12.0. The number of nitrogens with zero attached hydrogens (tertiary/aromatic N) is 4. The van der Waals surface area contributed by atoms with Crippen molar-refractivity contribution in [1.29, 1.82) is 0 Å². The van der Waals surface area contributed by atoms with Crippen molar-refractivity contribution in [3.63, 3.8) is 0 Å². The summed E-state index contributed by atoms with van der Waals surface area (Å²) in [5.74, 6) is 5.28. The molecule has 0 radical (unpaired) electrons. The normalized spacial score (nSPS) is 13.2. The summed E-state index contributed by atoms with van der Waals surface area (Å²) in [4.78, 5) is 26.3. The van der Waals surface area contributed by atoms with Crippen molar-refractivity contribution >= 4 is 23.5 Å². The molecule has 0 aliphatic rings. The Morgan fingerprint density at radius 1 is 0.905 bits per heavy atom. The molecule has 42 heavy (non-hydrogen) atoms. The van der Waals surface area contributed by atoms with E-state index in [2.05, 4.69) is 21.3 Å². The second kappa shape index (κ2) is 18.3. The van der Waals surface area contributed by atoms with Crippen molar-refractivity contribution in [1.82, 2.24) is 31.1 Å². The van der Waals surface area contributed by atoms with Gasteiger partial charge >= 0.3 is 5.70 Å². The molecule has 0 amide bonds. The van der Waals surface area contributed by atoms with Crippen LogP contribution in [0, 0.1) is 20.2 Å². The molecule has 1 atom stereocenters. The molecule has 2 rings (SSSR count). The van der Waals surface area contributed by atoms with Crippen LogP contribution in [0.15, 0.2) is 56.6 Å². The summed E-state index contributed by atoms with van der Waals surface area (Å²) < 4.78 is 11.9. The Bertz CT molecular complexity index is 1200. The van der Waals surface area contributed by atoms with E-state index in [0.717, 1.165) is 24.3 Å². The second-order valence-electron chi connectivity index (χ2n) is 9.65. The predicted molar refractivity (Wildman–Crippen MR) is 167 cm³/mol. The molecule has 0 saturated carbocycles. The van der Waals surface area contributed by atoms with Gasteiger partial charge in [0.15, 0.2) is 16.9 Å². The van der Waals surface area contributed by atoms with Gasteiger partial charge in [-0.25, -0.2) is 0 Å². The van der Waals surface area contributed by atoms with Crippen molar-refractivity contribution in [2.75, 3.05) is 66.9 Å². The Morgan fingerprint density at radius 3 is 2.12 bits per heavy atom. The third kappa shape index (κ3) is 12.3. The number of nitro groups is 2. The van der Waals surface area contributed by atoms with Crippen LogP contribution in [-0.2, 0) is 18.8 Å². The monoisotopic (exact) mass is 626 g/mol. The maximum Gasteiger partial charge on any atom is 0.306 e. The molecule has 0 spiro atoms. The minimum atomic E-state index is -0.740. The first kappa shape index (κ1) is 34.9. The summed E-state index contributed by atoms with van der Waals surface area (Å²) in [6, 6.07) is 7.53. The van der Waals surface area contributed by atoms with E-state index in [-0.39, 0.29) is 11.5 Å². The van der Waals surface area contributed by atoms with Crippen molar-refractivity contribution in [3.05, 3.63) is 91.1 Å². The summed E-state index contributed by atoms with van der Waals surface area (Å²) in [6.07, 6.45) is 0.834. The molecule has 234 valence electrons. The minimum absolute atomic E-state index is 0.0627. The Kier molecular flexibility index (Phi) is 15.1. The lowest BCUT2D eigenvalue weighted by molar-refractivity contribution is -0.429. The zero-order valence-electron chi connectivity index (χ0n) is 25.0. The fourth-order valence-corrected chi connectivity index (χ4v) is 5.69. The first-order valence-corrected chi connectivity index (χ1v) is 15.5. The summed E-state index contributed by atoms with van der Waals surface area (Å²) in [5.41, 5.74) is -0.0627. The zero-order valence-corrected chi connectivity index (χ0v) is 26.6. The van der Waals surface area contributed by atoms with Gasteiger partial charge in [-0.15, -0.1) is 11.8 Å². The van der Waals surface area contributed by atoms with Gasteiger partial charge in [-0.2, -0.15) is 11.8 Å². The molecule has 0 fully saturated rings. The highest BCUT2D eigenvalue weighted by atomic mass is 32.2. The number of hydrogen-bond acceptors (Lipinski definition) is 14. The van der Waals surface area contributed by atoms with E-state index in [1.807, 2.05) is 56.2 Å². The molecular formula is C26H42N8O6S2. The lowest BCUT2D eigenvalue weighted by Gasteiger charge is -2.17. The van der Waals surface area contributed by atoms with Gasteiger partial charge in [0.25, 0.3) is 6.20 Å². The van der Waals surface area contributed by atoms with E-state index < -0.39 is 15.1 Å². The topological polar surface area (TPSA) is 167 Å². The quantitative estimate of drug-likeness (QED) is 0.0907. The molecule has 16 heteroatoms. The standard InChI is InChI=1S/C26H42N8O6S2/c1-27-23(17-33(35)36)29-12-14-42-25(22-10-9-20(40-22)16-32(5)6)24(34(37)38)26(28-2)30-11-13-41-18-21-8-7-19(39-21)15-31(3)4/h7-10,17,25,27-30H,11-16,18H2,1-6H3. The van der Waals surface area contributed by atoms with Crippen molar-refractivity contribution in [2.24, 2.45) is 0 Å². The van der Waals surface area contributed by atoms with Crippen LogP contribution in [0.3, 0.4) is 0 Å². The third-order valence-electron chi connectivity index (χ3n) is 5.55. The van der Waals surface area contributed by atoms with Crippen LogP contribution in [0.2, 0.25) is 0 Å². The van der Waals surface area contributed by atoms with E-state index in [0.29, 0.717) is 54.2 Å². The van der Waals surface area contributed by atoms with E-state index in [4.69, 9.17) is 8.83 Å². The smallest absolute Gasteiger partial charge is 0.306 e. The zero-order chi connectivity index (χ0) is 31.1. The number of hydrogen-bond donors (Lipinski definition) is 4. The molecule has 0 saturated heterocycles. The van der Waals surface area contributed by atoms with Gasteiger partial charge in [0.05, 0.1) is 28.7 Å². The molecular weight excluding hydrogens is 584 g/mol. The van der Waals surface area contributed by atoms with Crippen LogP contribution in [-0.4, -0.2) is 86.5 Å². The van der Waals surface area contributed by atoms with Crippen LogP contribution < -0.4 is 21.3 Å². The van der Waals surface area contributed by atoms with Crippen LogP contribution in [0.4, 0.5) is 0 Å². The molecule has 0 aliphatic carbocycles. The number of thioether (sulfide) groups is 2. The van der Waals surface area contributed by atoms with Gasteiger partial charge in [0.1, 0.15) is 23.0 Å². The van der Waals surface area contributed by atoms with Crippen molar-refractivity contribution in [2.45, 2.75) is 24.1 Å². The summed E-state index contributed by atoms with van der Waals surface area (Å²) in [5, 5.41) is 34.3. The van der Waals surface area contributed by atoms with Crippen LogP contribution in [0.25, 0.3) is 0 Å². The Balaban J connectivity index is 2.14. The van der Waals surface area contributed by atoms with E-state index in [1.54, 1.807) is 31.9 Å². The maximum atomic E-state index is 12.4. The van der Waals surface area contributed by atoms with Crippen LogP contribution in [0.1, 0.15) is 28.3 Å². The van der Waals surface area contributed by atoms with E-state index in [9.17, 15) is 20.2 Å². The summed E-state index contributed by atoms with van der Waals surface area (Å²) >= 11 is 2.98. The largest absolute Gasteiger partial charge is 0.464 e. The Hall–Kier alpha value is -3.34. The Labute approximate surface area is 255 Å². The van der Waals surface area contributed by atoms with Crippen molar-refractivity contribution < 1.29 is 18.7 Å². The molecule has 0 aromatic carbocycles. The summed E-state index contributed by atoms with van der Waals surface area (Å²) in [7, 11) is 11.0. The number of rotatable bonds is 21. The molecule has 2 heterocycles. The van der Waals surface area contributed by atoms with Gasteiger partial charge in [-0.1, -0.05) is 0 Å². The lowest BCUT2D eigenvalue weighted by Crippen LogP contribution is -2.31. The molecule has 0 aliphatic heterocycles. The molecule has 1 unspecified atom stereocenters. The highest BCUT2D eigenvalue weighted by Gasteiger charge is 2.34. The fourth-order valence-electron chi connectivity index (χ4n) is 3.84. The Morgan fingerprint density at radius 2 is 1.52 bits per heavy atom. The first-order valence-electron chi connectivity index (χ1n) is 13.3.